The highest BCUT2D eigenvalue weighted by Gasteiger charge is 2.28. The summed E-state index contributed by atoms with van der Waals surface area (Å²) < 4.78 is 1.85. The van der Waals surface area contributed by atoms with Crippen LogP contribution in [0, 0.1) is 5.92 Å². The van der Waals surface area contributed by atoms with Crippen molar-refractivity contribution >= 4 is 22.8 Å². The quantitative estimate of drug-likeness (QED) is 0.729. The molecule has 4 rings (SSSR count). The van der Waals surface area contributed by atoms with E-state index in [0.29, 0.717) is 12.0 Å². The van der Waals surface area contributed by atoms with Gasteiger partial charge in [-0.15, -0.1) is 15.3 Å². The Morgan fingerprint density at radius 1 is 1.19 bits per heavy atom. The van der Waals surface area contributed by atoms with Gasteiger partial charge >= 0.3 is 0 Å². The lowest BCUT2D eigenvalue weighted by molar-refractivity contribution is 0.543. The van der Waals surface area contributed by atoms with Crippen molar-refractivity contribution in [2.24, 2.45) is 5.92 Å². The number of anilines is 1. The third kappa shape index (κ3) is 2.01. The molecule has 0 N–H and O–H groups in total. The maximum Gasteiger partial charge on any atom is 0.186 e. The predicted octanol–water partition coefficient (Wildman–Crippen LogP) is 3.09. The van der Waals surface area contributed by atoms with E-state index in [1.54, 1.807) is 11.3 Å². The molecule has 1 aliphatic rings. The third-order valence-electron chi connectivity index (χ3n) is 4.46. The zero-order valence-corrected chi connectivity index (χ0v) is 12.9. The summed E-state index contributed by atoms with van der Waals surface area (Å²) in [7, 11) is 0. The van der Waals surface area contributed by atoms with Gasteiger partial charge in [0.1, 0.15) is 5.82 Å². The first-order valence-corrected chi connectivity index (χ1v) is 8.20. The van der Waals surface area contributed by atoms with Gasteiger partial charge in [-0.25, -0.2) is 0 Å². The van der Waals surface area contributed by atoms with Crippen LogP contribution in [0.5, 0.6) is 0 Å². The summed E-state index contributed by atoms with van der Waals surface area (Å²) in [6.45, 7) is 5.64. The van der Waals surface area contributed by atoms with Crippen molar-refractivity contribution in [1.29, 1.82) is 0 Å². The summed E-state index contributed by atoms with van der Waals surface area (Å²) >= 11 is 1.66. The number of hydrogen-bond donors (Lipinski definition) is 0. The van der Waals surface area contributed by atoms with Gasteiger partial charge in [0.25, 0.3) is 0 Å². The van der Waals surface area contributed by atoms with Crippen molar-refractivity contribution in [3.63, 3.8) is 0 Å². The van der Waals surface area contributed by atoms with E-state index in [2.05, 4.69) is 46.5 Å². The van der Waals surface area contributed by atoms with Crippen LogP contribution in [-0.4, -0.2) is 32.4 Å². The Balaban J connectivity index is 1.80. The maximum atomic E-state index is 4.78. The zero-order chi connectivity index (χ0) is 14.4. The molecule has 0 radical (unpaired) electrons. The van der Waals surface area contributed by atoms with E-state index < -0.39 is 0 Å². The van der Waals surface area contributed by atoms with Gasteiger partial charge in [0, 0.05) is 23.5 Å². The van der Waals surface area contributed by atoms with Gasteiger partial charge in [0.15, 0.2) is 11.5 Å². The fourth-order valence-corrected chi connectivity index (χ4v) is 3.56. The van der Waals surface area contributed by atoms with Crippen molar-refractivity contribution in [2.75, 3.05) is 11.4 Å². The molecule has 0 amide bonds. The minimum absolute atomic E-state index is 0.524. The highest BCUT2D eigenvalue weighted by molar-refractivity contribution is 7.08. The second-order valence-corrected chi connectivity index (χ2v) is 6.48. The van der Waals surface area contributed by atoms with Crippen molar-refractivity contribution in [1.82, 2.24) is 19.8 Å². The number of aromatic nitrogens is 4. The van der Waals surface area contributed by atoms with E-state index in [4.69, 9.17) is 5.10 Å². The van der Waals surface area contributed by atoms with Crippen LogP contribution in [0.15, 0.2) is 29.0 Å². The van der Waals surface area contributed by atoms with Crippen molar-refractivity contribution in [3.05, 3.63) is 29.0 Å². The van der Waals surface area contributed by atoms with E-state index in [9.17, 15) is 0 Å². The molecule has 1 saturated heterocycles. The molecule has 0 spiro atoms. The Morgan fingerprint density at radius 2 is 2.10 bits per heavy atom. The van der Waals surface area contributed by atoms with Gasteiger partial charge in [-0.1, -0.05) is 6.92 Å². The van der Waals surface area contributed by atoms with E-state index >= 15 is 0 Å². The first-order chi connectivity index (χ1) is 10.2. The Hall–Kier alpha value is -1.95. The van der Waals surface area contributed by atoms with Crippen molar-refractivity contribution in [3.8, 4) is 11.4 Å². The van der Waals surface area contributed by atoms with Gasteiger partial charge in [0.05, 0.1) is 0 Å². The van der Waals surface area contributed by atoms with E-state index in [1.165, 1.54) is 6.42 Å². The fraction of sp³-hybridized carbons (Fsp3) is 0.400. The Kier molecular flexibility index (Phi) is 2.92. The number of rotatable bonds is 2. The van der Waals surface area contributed by atoms with Crippen LogP contribution < -0.4 is 4.90 Å². The Bertz CT molecular complexity index is 764. The molecule has 0 aromatic carbocycles. The van der Waals surface area contributed by atoms with Gasteiger partial charge in [-0.2, -0.15) is 15.9 Å². The second kappa shape index (κ2) is 4.80. The summed E-state index contributed by atoms with van der Waals surface area (Å²) in [6, 6.07) is 6.63. The Labute approximate surface area is 127 Å². The number of nitrogens with zero attached hydrogens (tertiary/aromatic N) is 5. The SMILES string of the molecule is CC1CCN(c2ccc3nnc(-c4ccsc4)n3n2)C1C. The molecule has 21 heavy (non-hydrogen) atoms. The molecule has 4 heterocycles. The molecule has 1 fully saturated rings. The number of hydrogen-bond acceptors (Lipinski definition) is 5. The average Bonchev–Trinajstić information content (AvgIpc) is 3.20. The summed E-state index contributed by atoms with van der Waals surface area (Å²) in [5.74, 6) is 2.53. The highest BCUT2D eigenvalue weighted by Crippen LogP contribution is 2.28. The van der Waals surface area contributed by atoms with E-state index in [-0.39, 0.29) is 0 Å². The van der Waals surface area contributed by atoms with Gasteiger partial charge in [-0.3, -0.25) is 0 Å². The van der Waals surface area contributed by atoms with Crippen LogP contribution in [0.3, 0.4) is 0 Å². The first-order valence-electron chi connectivity index (χ1n) is 7.26. The maximum absolute atomic E-state index is 4.78. The molecule has 2 atom stereocenters. The molecule has 0 aliphatic carbocycles. The lowest BCUT2D eigenvalue weighted by atomic mass is 10.1. The molecular formula is C15H17N5S. The standard InChI is InChI=1S/C15H17N5S/c1-10-5-7-19(11(10)2)14-4-3-13-16-17-15(20(13)18-14)12-6-8-21-9-12/h3-4,6,8-11H,5,7H2,1-2H3. The van der Waals surface area contributed by atoms with Gasteiger partial charge < -0.3 is 4.90 Å². The molecule has 0 saturated carbocycles. The van der Waals surface area contributed by atoms with Crippen LogP contribution in [0.25, 0.3) is 17.0 Å². The number of fused-ring (bicyclic) bond motifs is 1. The molecule has 0 bridgehead atoms. The average molecular weight is 299 g/mol. The van der Waals surface area contributed by atoms with Crippen LogP contribution in [0.1, 0.15) is 20.3 Å². The largest absolute Gasteiger partial charge is 0.352 e. The normalized spacial score (nSPS) is 22.3. The summed E-state index contributed by atoms with van der Waals surface area (Å²) in [6.07, 6.45) is 1.22. The minimum Gasteiger partial charge on any atom is -0.352 e. The highest BCUT2D eigenvalue weighted by atomic mass is 32.1. The van der Waals surface area contributed by atoms with Crippen LogP contribution >= 0.6 is 11.3 Å². The van der Waals surface area contributed by atoms with Crippen molar-refractivity contribution in [2.45, 2.75) is 26.3 Å². The fourth-order valence-electron chi connectivity index (χ4n) is 2.92. The molecule has 3 aromatic heterocycles. The summed E-state index contributed by atoms with van der Waals surface area (Å²) in [4.78, 5) is 2.38. The first kappa shape index (κ1) is 12.8. The van der Waals surface area contributed by atoms with E-state index in [1.807, 2.05) is 16.0 Å². The van der Waals surface area contributed by atoms with Crippen LogP contribution in [0.4, 0.5) is 5.82 Å². The minimum atomic E-state index is 0.524. The zero-order valence-electron chi connectivity index (χ0n) is 12.1. The molecule has 5 nitrogen and oxygen atoms in total. The molecule has 6 heteroatoms. The molecular weight excluding hydrogens is 282 g/mol. The topological polar surface area (TPSA) is 46.3 Å². The molecule has 2 unspecified atom stereocenters. The lowest BCUT2D eigenvalue weighted by Crippen LogP contribution is -2.30. The lowest BCUT2D eigenvalue weighted by Gasteiger charge is -2.24. The monoisotopic (exact) mass is 299 g/mol. The smallest absolute Gasteiger partial charge is 0.186 e. The Morgan fingerprint density at radius 3 is 2.81 bits per heavy atom. The van der Waals surface area contributed by atoms with Gasteiger partial charge in [-0.05, 0) is 42.8 Å². The summed E-state index contributed by atoms with van der Waals surface area (Å²) in [5, 5.41) is 17.4. The van der Waals surface area contributed by atoms with Gasteiger partial charge in [0.2, 0.25) is 0 Å². The summed E-state index contributed by atoms with van der Waals surface area (Å²) in [5.41, 5.74) is 1.86. The molecule has 1 aliphatic heterocycles. The predicted molar refractivity (Wildman–Crippen MR) is 84.7 cm³/mol. The van der Waals surface area contributed by atoms with Crippen molar-refractivity contribution < 1.29 is 0 Å². The van der Waals surface area contributed by atoms with Crippen LogP contribution in [-0.2, 0) is 0 Å². The third-order valence-corrected chi connectivity index (χ3v) is 5.15. The molecule has 3 aromatic rings. The molecule has 108 valence electrons. The number of thiophene rings is 1. The van der Waals surface area contributed by atoms with Crippen LogP contribution in [0.2, 0.25) is 0 Å². The van der Waals surface area contributed by atoms with E-state index in [0.717, 1.165) is 29.4 Å². The second-order valence-electron chi connectivity index (χ2n) is 5.70.